The highest BCUT2D eigenvalue weighted by molar-refractivity contribution is 5.97. The van der Waals surface area contributed by atoms with Crippen molar-refractivity contribution in [2.75, 3.05) is 19.4 Å². The molecule has 0 aromatic heterocycles. The molecule has 0 aliphatic heterocycles. The molecule has 2 aliphatic rings. The zero-order valence-electron chi connectivity index (χ0n) is 14.3. The van der Waals surface area contributed by atoms with Crippen molar-refractivity contribution < 1.29 is 9.59 Å². The molecule has 0 saturated heterocycles. The largest absolute Gasteiger partial charge is 0.345 e. The lowest BCUT2D eigenvalue weighted by atomic mass is 10.1. The molecule has 0 spiro atoms. The highest BCUT2D eigenvalue weighted by Crippen LogP contribution is 2.27. The molecule has 0 saturated carbocycles. The minimum Gasteiger partial charge on any atom is -0.345 e. The van der Waals surface area contributed by atoms with Gasteiger partial charge in [-0.25, -0.2) is 0 Å². The van der Waals surface area contributed by atoms with Gasteiger partial charge in [-0.05, 0) is 34.9 Å². The fourth-order valence-corrected chi connectivity index (χ4v) is 2.80. The van der Waals surface area contributed by atoms with Crippen LogP contribution in [0, 0.1) is 0 Å². The van der Waals surface area contributed by atoms with Gasteiger partial charge in [0.15, 0.2) is 0 Å². The predicted molar refractivity (Wildman–Crippen MR) is 99.9 cm³/mol. The molecular formula is C21H20N2O2. The number of amides is 2. The maximum atomic E-state index is 12.4. The van der Waals surface area contributed by atoms with Crippen molar-refractivity contribution in [1.29, 1.82) is 0 Å². The summed E-state index contributed by atoms with van der Waals surface area (Å²) in [4.78, 5) is 25.9. The quantitative estimate of drug-likeness (QED) is 0.792. The molecule has 25 heavy (non-hydrogen) atoms. The summed E-state index contributed by atoms with van der Waals surface area (Å²) in [6.07, 6.45) is 0.291. The van der Waals surface area contributed by atoms with Crippen LogP contribution in [0.5, 0.6) is 0 Å². The predicted octanol–water partition coefficient (Wildman–Crippen LogP) is 3.67. The molecule has 3 rings (SSSR count). The van der Waals surface area contributed by atoms with Crippen LogP contribution in [-0.2, 0) is 11.2 Å². The molecule has 1 N–H and O–H groups in total. The summed E-state index contributed by atoms with van der Waals surface area (Å²) >= 11 is 0. The SMILES string of the molecule is CN(C)C(=O)c1cccc(NC(=O)Cc2ccc3cccccc2-3)c1. The number of hydrogen-bond acceptors (Lipinski definition) is 2. The van der Waals surface area contributed by atoms with E-state index in [9.17, 15) is 9.59 Å². The van der Waals surface area contributed by atoms with Crippen LogP contribution in [0.2, 0.25) is 0 Å². The lowest BCUT2D eigenvalue weighted by Crippen LogP contribution is -2.22. The highest BCUT2D eigenvalue weighted by Gasteiger charge is 2.13. The van der Waals surface area contributed by atoms with Crippen LogP contribution < -0.4 is 5.32 Å². The minimum absolute atomic E-state index is 0.0920. The Labute approximate surface area is 147 Å². The van der Waals surface area contributed by atoms with Crippen molar-refractivity contribution in [2.24, 2.45) is 0 Å². The lowest BCUT2D eigenvalue weighted by Gasteiger charge is -2.11. The Morgan fingerprint density at radius 1 is 0.920 bits per heavy atom. The number of rotatable bonds is 4. The third-order valence-corrected chi connectivity index (χ3v) is 4.03. The van der Waals surface area contributed by atoms with Gasteiger partial charge < -0.3 is 10.2 Å². The van der Waals surface area contributed by atoms with Crippen molar-refractivity contribution in [1.82, 2.24) is 4.90 Å². The Morgan fingerprint density at radius 2 is 1.72 bits per heavy atom. The fourth-order valence-electron chi connectivity index (χ4n) is 2.80. The third-order valence-electron chi connectivity index (χ3n) is 4.03. The Bertz CT molecular complexity index is 886. The lowest BCUT2D eigenvalue weighted by molar-refractivity contribution is -0.115. The summed E-state index contributed by atoms with van der Waals surface area (Å²) in [6, 6.07) is 21.0. The van der Waals surface area contributed by atoms with E-state index in [1.165, 1.54) is 4.90 Å². The summed E-state index contributed by atoms with van der Waals surface area (Å²) < 4.78 is 0. The molecule has 4 heteroatoms. The number of anilines is 1. The van der Waals surface area contributed by atoms with Gasteiger partial charge in [-0.2, -0.15) is 0 Å². The average molecular weight is 332 g/mol. The number of carbonyl (C=O) groups excluding carboxylic acids is 2. The highest BCUT2D eigenvalue weighted by atomic mass is 16.2. The fraction of sp³-hybridized carbons (Fsp3) is 0.143. The van der Waals surface area contributed by atoms with Crippen LogP contribution in [-0.4, -0.2) is 30.8 Å². The average Bonchev–Trinajstić information content (AvgIpc) is 2.81. The molecule has 126 valence electrons. The number of hydrogen-bond donors (Lipinski definition) is 1. The van der Waals surface area contributed by atoms with Gasteiger partial charge in [0, 0.05) is 25.3 Å². The maximum Gasteiger partial charge on any atom is 0.253 e. The number of nitrogens with zero attached hydrogens (tertiary/aromatic N) is 1. The van der Waals surface area contributed by atoms with E-state index >= 15 is 0 Å². The standard InChI is InChI=1S/C21H20N2O2/c1-23(2)21(25)17-8-6-9-18(13-17)22-20(24)14-16-12-11-15-7-4-3-5-10-19(15)16/h3-13H,14H2,1-2H3,(H,22,24). The van der Waals surface area contributed by atoms with Crippen molar-refractivity contribution in [3.63, 3.8) is 0 Å². The molecule has 1 aromatic carbocycles. The number of carbonyl (C=O) groups is 2. The smallest absolute Gasteiger partial charge is 0.253 e. The van der Waals surface area contributed by atoms with Crippen molar-refractivity contribution >= 4 is 17.5 Å². The van der Waals surface area contributed by atoms with E-state index in [1.807, 2.05) is 42.5 Å². The van der Waals surface area contributed by atoms with Gasteiger partial charge in [0.25, 0.3) is 5.91 Å². The van der Waals surface area contributed by atoms with Crippen molar-refractivity contribution in [3.05, 3.63) is 77.9 Å². The second-order valence-electron chi connectivity index (χ2n) is 6.14. The van der Waals surface area contributed by atoms with Gasteiger partial charge in [0.1, 0.15) is 0 Å². The number of fused-ring (bicyclic) bond motifs is 1. The summed E-state index contributed by atoms with van der Waals surface area (Å²) in [6.45, 7) is 0. The Hall–Kier alpha value is -3.14. The first kappa shape index (κ1) is 16.7. The second kappa shape index (κ2) is 7.18. The van der Waals surface area contributed by atoms with E-state index in [2.05, 4.69) is 5.32 Å². The summed E-state index contributed by atoms with van der Waals surface area (Å²) in [5.41, 5.74) is 4.36. The molecule has 0 atom stereocenters. The Morgan fingerprint density at radius 3 is 2.52 bits per heavy atom. The zero-order chi connectivity index (χ0) is 17.8. The van der Waals surface area contributed by atoms with E-state index in [-0.39, 0.29) is 11.8 Å². The normalized spacial score (nSPS) is 10.5. The summed E-state index contributed by atoms with van der Waals surface area (Å²) in [5.74, 6) is -0.195. The van der Waals surface area contributed by atoms with Crippen LogP contribution in [0.25, 0.3) is 11.1 Å². The number of nitrogens with one attached hydrogen (secondary N) is 1. The monoisotopic (exact) mass is 332 g/mol. The molecular weight excluding hydrogens is 312 g/mol. The summed E-state index contributed by atoms with van der Waals surface area (Å²) in [5, 5.41) is 2.88. The van der Waals surface area contributed by atoms with E-state index in [1.54, 1.807) is 38.4 Å². The first-order valence-corrected chi connectivity index (χ1v) is 8.13. The maximum absolute atomic E-state index is 12.4. The minimum atomic E-state index is -0.103. The van der Waals surface area contributed by atoms with Crippen molar-refractivity contribution in [3.8, 4) is 11.1 Å². The van der Waals surface area contributed by atoms with Crippen LogP contribution in [0.1, 0.15) is 15.9 Å². The Balaban J connectivity index is 1.73. The van der Waals surface area contributed by atoms with Crippen LogP contribution in [0.15, 0.2) is 66.7 Å². The van der Waals surface area contributed by atoms with Crippen LogP contribution in [0.4, 0.5) is 5.69 Å². The third kappa shape index (κ3) is 3.86. The first-order valence-electron chi connectivity index (χ1n) is 8.13. The van der Waals surface area contributed by atoms with Gasteiger partial charge in [0.05, 0.1) is 6.42 Å². The van der Waals surface area contributed by atoms with Gasteiger partial charge in [-0.3, -0.25) is 9.59 Å². The van der Waals surface area contributed by atoms with Gasteiger partial charge >= 0.3 is 0 Å². The van der Waals surface area contributed by atoms with Gasteiger partial charge in [-0.1, -0.05) is 48.5 Å². The van der Waals surface area contributed by atoms with Gasteiger partial charge in [-0.15, -0.1) is 0 Å². The molecule has 0 bridgehead atoms. The topological polar surface area (TPSA) is 49.4 Å². The van der Waals surface area contributed by atoms with Crippen LogP contribution >= 0.6 is 0 Å². The van der Waals surface area contributed by atoms with E-state index in [4.69, 9.17) is 0 Å². The van der Waals surface area contributed by atoms with Gasteiger partial charge in [0.2, 0.25) is 5.91 Å². The second-order valence-corrected chi connectivity index (χ2v) is 6.14. The molecule has 1 aromatic rings. The zero-order valence-corrected chi connectivity index (χ0v) is 14.3. The van der Waals surface area contributed by atoms with Crippen molar-refractivity contribution in [2.45, 2.75) is 6.42 Å². The van der Waals surface area contributed by atoms with E-state index in [0.29, 0.717) is 17.7 Å². The molecule has 0 heterocycles. The van der Waals surface area contributed by atoms with Crippen LogP contribution in [0.3, 0.4) is 0 Å². The van der Waals surface area contributed by atoms with E-state index < -0.39 is 0 Å². The molecule has 2 aliphatic carbocycles. The molecule has 0 radical (unpaired) electrons. The number of benzene rings is 1. The summed E-state index contributed by atoms with van der Waals surface area (Å²) in [7, 11) is 3.40. The molecule has 0 fully saturated rings. The Kier molecular flexibility index (Phi) is 4.80. The molecule has 2 amide bonds. The molecule has 4 nitrogen and oxygen atoms in total. The van der Waals surface area contributed by atoms with E-state index in [0.717, 1.165) is 16.7 Å². The molecule has 0 unspecified atom stereocenters. The first-order chi connectivity index (χ1) is 12.0.